The van der Waals surface area contributed by atoms with Gasteiger partial charge in [0, 0.05) is 21.7 Å². The van der Waals surface area contributed by atoms with Crippen LogP contribution in [0.4, 0.5) is 5.82 Å². The van der Waals surface area contributed by atoms with E-state index in [2.05, 4.69) is 20.4 Å². The number of benzene rings is 2. The number of rotatable bonds is 1. The van der Waals surface area contributed by atoms with Gasteiger partial charge in [-0.2, -0.15) is 5.10 Å². The molecule has 0 amide bonds. The van der Waals surface area contributed by atoms with E-state index >= 15 is 0 Å². The summed E-state index contributed by atoms with van der Waals surface area (Å²) in [5.41, 5.74) is 8.09. The highest BCUT2D eigenvalue weighted by Crippen LogP contribution is 2.36. The Balaban J connectivity index is 2.17. The minimum Gasteiger partial charge on any atom is -0.507 e. The Morgan fingerprint density at radius 3 is 2.71 bits per heavy atom. The Bertz CT molecular complexity index is 976. The van der Waals surface area contributed by atoms with Crippen LogP contribution in [0.1, 0.15) is 0 Å². The van der Waals surface area contributed by atoms with E-state index in [0.29, 0.717) is 17.1 Å². The van der Waals surface area contributed by atoms with Crippen molar-refractivity contribution in [3.63, 3.8) is 0 Å². The summed E-state index contributed by atoms with van der Waals surface area (Å²) in [4.78, 5) is 0. The largest absolute Gasteiger partial charge is 0.507 e. The monoisotopic (exact) mass is 277 g/mol. The molecule has 4 rings (SSSR count). The molecule has 0 spiro atoms. The molecule has 0 bridgehead atoms. The first kappa shape index (κ1) is 11.7. The molecule has 2 aromatic heterocycles. The molecule has 4 aromatic rings. The van der Waals surface area contributed by atoms with E-state index in [1.54, 1.807) is 24.4 Å². The highest BCUT2D eigenvalue weighted by Gasteiger charge is 2.15. The van der Waals surface area contributed by atoms with Gasteiger partial charge in [-0.1, -0.05) is 12.1 Å². The Morgan fingerprint density at radius 2 is 1.86 bits per heavy atom. The summed E-state index contributed by atoms with van der Waals surface area (Å²) in [6.07, 6.45) is 1.71. The number of aromatic nitrogens is 4. The van der Waals surface area contributed by atoms with Crippen LogP contribution in [-0.2, 0) is 0 Å². The number of nitrogens with one attached hydrogen (secondary N) is 1. The lowest BCUT2D eigenvalue weighted by Gasteiger charge is -2.09. The average Bonchev–Trinajstić information content (AvgIpc) is 2.97. The molecule has 0 aliphatic heterocycles. The van der Waals surface area contributed by atoms with Crippen molar-refractivity contribution in [3.8, 4) is 17.0 Å². The molecule has 0 unspecified atom stereocenters. The van der Waals surface area contributed by atoms with Gasteiger partial charge in [0.2, 0.25) is 0 Å². The lowest BCUT2D eigenvalue weighted by Crippen LogP contribution is -1.98. The molecule has 6 nitrogen and oxygen atoms in total. The van der Waals surface area contributed by atoms with Crippen LogP contribution < -0.4 is 5.73 Å². The fraction of sp³-hybridized carbons (Fsp3) is 0. The number of nitrogens with zero attached hydrogens (tertiary/aromatic N) is 3. The number of anilines is 1. The maximum absolute atomic E-state index is 10.0. The van der Waals surface area contributed by atoms with Crippen molar-refractivity contribution in [1.29, 1.82) is 0 Å². The van der Waals surface area contributed by atoms with Crippen LogP contribution in [0.25, 0.3) is 32.9 Å². The van der Waals surface area contributed by atoms with Crippen LogP contribution in [0.2, 0.25) is 0 Å². The first-order chi connectivity index (χ1) is 10.3. The Kier molecular flexibility index (Phi) is 2.32. The van der Waals surface area contributed by atoms with Crippen molar-refractivity contribution in [1.82, 2.24) is 20.4 Å². The van der Waals surface area contributed by atoms with Gasteiger partial charge in [0.15, 0.2) is 5.82 Å². The molecule has 2 aromatic carbocycles. The van der Waals surface area contributed by atoms with E-state index in [1.807, 2.05) is 18.2 Å². The number of H-pyrrole nitrogens is 1. The summed E-state index contributed by atoms with van der Waals surface area (Å²) in [5.74, 6) is 0.501. The molecule has 0 radical (unpaired) electrons. The van der Waals surface area contributed by atoms with Crippen molar-refractivity contribution >= 4 is 27.5 Å². The van der Waals surface area contributed by atoms with Crippen molar-refractivity contribution < 1.29 is 5.11 Å². The lowest BCUT2D eigenvalue weighted by molar-refractivity contribution is 0.477. The zero-order chi connectivity index (χ0) is 14.4. The third-order valence-corrected chi connectivity index (χ3v) is 3.55. The molecule has 0 aliphatic rings. The fourth-order valence-electron chi connectivity index (χ4n) is 2.57. The van der Waals surface area contributed by atoms with E-state index in [-0.39, 0.29) is 5.75 Å². The van der Waals surface area contributed by atoms with Crippen LogP contribution >= 0.6 is 0 Å². The minimum absolute atomic E-state index is 0.158. The second kappa shape index (κ2) is 4.17. The quantitative estimate of drug-likeness (QED) is 0.496. The summed E-state index contributed by atoms with van der Waals surface area (Å²) in [7, 11) is 0. The average molecular weight is 277 g/mol. The predicted octanol–water partition coefficient (Wildman–Crippen LogP) is 2.46. The van der Waals surface area contributed by atoms with Crippen LogP contribution in [0.5, 0.6) is 5.75 Å². The van der Waals surface area contributed by atoms with Gasteiger partial charge in [0.05, 0.1) is 11.7 Å². The van der Waals surface area contributed by atoms with Gasteiger partial charge in [0.1, 0.15) is 11.4 Å². The van der Waals surface area contributed by atoms with E-state index in [0.717, 1.165) is 21.7 Å². The molecule has 0 fully saturated rings. The fourth-order valence-corrected chi connectivity index (χ4v) is 2.57. The predicted molar refractivity (Wildman–Crippen MR) is 80.7 cm³/mol. The number of para-hydroxylation sites is 1. The highest BCUT2D eigenvalue weighted by atomic mass is 16.3. The number of nitrogen functional groups attached to an aromatic ring is 1. The van der Waals surface area contributed by atoms with E-state index < -0.39 is 0 Å². The number of hydrogen-bond donors (Lipinski definition) is 3. The zero-order valence-electron chi connectivity index (χ0n) is 10.9. The second-order valence-corrected chi connectivity index (χ2v) is 4.77. The summed E-state index contributed by atoms with van der Waals surface area (Å²) in [6, 6.07) is 10.8. The van der Waals surface area contributed by atoms with E-state index in [9.17, 15) is 5.11 Å². The Morgan fingerprint density at radius 1 is 1.00 bits per heavy atom. The Hall–Kier alpha value is -3.15. The van der Waals surface area contributed by atoms with Crippen LogP contribution in [0.15, 0.2) is 42.6 Å². The second-order valence-electron chi connectivity index (χ2n) is 4.77. The number of fused-ring (bicyclic) bond motifs is 3. The van der Waals surface area contributed by atoms with E-state index in [4.69, 9.17) is 5.73 Å². The number of nitrogens with two attached hydrogens (primary N) is 1. The normalized spacial score (nSPS) is 11.2. The molecule has 0 saturated carbocycles. The van der Waals surface area contributed by atoms with Crippen molar-refractivity contribution in [3.05, 3.63) is 42.6 Å². The van der Waals surface area contributed by atoms with Crippen molar-refractivity contribution in [2.24, 2.45) is 0 Å². The number of phenolic OH excluding ortho intramolecular Hbond substituents is 1. The molecular formula is C15H11N5O. The lowest BCUT2D eigenvalue weighted by atomic mass is 10.0. The van der Waals surface area contributed by atoms with Crippen molar-refractivity contribution in [2.75, 3.05) is 5.73 Å². The topological polar surface area (TPSA) is 101 Å². The molecule has 0 atom stereocenters. The molecule has 21 heavy (non-hydrogen) atoms. The van der Waals surface area contributed by atoms with Gasteiger partial charge in [-0.25, -0.2) is 0 Å². The maximum Gasteiger partial charge on any atom is 0.154 e. The third-order valence-electron chi connectivity index (χ3n) is 3.55. The first-order valence-corrected chi connectivity index (χ1v) is 6.42. The number of aromatic hydroxyl groups is 1. The third kappa shape index (κ3) is 1.62. The van der Waals surface area contributed by atoms with Gasteiger partial charge in [-0.15, -0.1) is 10.2 Å². The molecule has 2 heterocycles. The van der Waals surface area contributed by atoms with Crippen molar-refractivity contribution in [2.45, 2.75) is 0 Å². The molecule has 4 N–H and O–H groups in total. The minimum atomic E-state index is 0.158. The van der Waals surface area contributed by atoms with Crippen LogP contribution in [0.3, 0.4) is 0 Å². The van der Waals surface area contributed by atoms with Gasteiger partial charge in [-0.3, -0.25) is 5.10 Å². The smallest absolute Gasteiger partial charge is 0.154 e. The maximum atomic E-state index is 10.0. The summed E-state index contributed by atoms with van der Waals surface area (Å²) < 4.78 is 0. The molecular weight excluding hydrogens is 266 g/mol. The molecule has 0 saturated heterocycles. The van der Waals surface area contributed by atoms with Gasteiger partial charge < -0.3 is 10.8 Å². The molecule has 6 heteroatoms. The number of hydrogen-bond acceptors (Lipinski definition) is 5. The highest BCUT2D eigenvalue weighted by molar-refractivity contribution is 6.14. The van der Waals surface area contributed by atoms with Gasteiger partial charge >= 0.3 is 0 Å². The standard InChI is InChI=1S/C15H11N5O/c16-15-13-9(5-6-11-10(13)7-17-18-11)14(19-20-15)8-3-1-2-4-12(8)21/h1-7,21H,(H2,16,20)(H,17,18). The van der Waals surface area contributed by atoms with E-state index in [1.165, 1.54) is 0 Å². The molecule has 0 aliphatic carbocycles. The summed E-state index contributed by atoms with van der Waals surface area (Å²) >= 11 is 0. The van der Waals surface area contributed by atoms with Gasteiger partial charge in [0.25, 0.3) is 0 Å². The Labute approximate surface area is 119 Å². The summed E-state index contributed by atoms with van der Waals surface area (Å²) in [6.45, 7) is 0. The van der Waals surface area contributed by atoms with Crippen LogP contribution in [0, 0.1) is 0 Å². The summed E-state index contributed by atoms with van der Waals surface area (Å²) in [5, 5.41) is 27.7. The van der Waals surface area contributed by atoms with Crippen LogP contribution in [-0.4, -0.2) is 25.5 Å². The zero-order valence-corrected chi connectivity index (χ0v) is 10.9. The SMILES string of the molecule is Nc1nnc(-c2ccccc2O)c2ccc3[nH]ncc3c12. The number of aromatic amines is 1. The molecule has 102 valence electrons. The first-order valence-electron chi connectivity index (χ1n) is 6.42. The number of phenols is 1. The van der Waals surface area contributed by atoms with Gasteiger partial charge in [-0.05, 0) is 24.3 Å².